The van der Waals surface area contributed by atoms with E-state index in [1.54, 1.807) is 30.5 Å². The number of fused-ring (bicyclic) bond motifs is 2. The molecule has 1 aromatic carbocycles. The highest BCUT2D eigenvalue weighted by Gasteiger charge is 2.47. The number of hydrogen-bond donors (Lipinski definition) is 1. The van der Waals surface area contributed by atoms with Crippen LogP contribution in [0.15, 0.2) is 49.1 Å². The molecule has 5 rings (SSSR count). The van der Waals surface area contributed by atoms with Crippen LogP contribution in [-0.2, 0) is 21.7 Å². The highest BCUT2D eigenvalue weighted by molar-refractivity contribution is 6.30. The summed E-state index contributed by atoms with van der Waals surface area (Å²) in [5.41, 5.74) is -0.0212. The molecule has 8 nitrogen and oxygen atoms in total. The zero-order valence-electron chi connectivity index (χ0n) is 16.5. The molecule has 2 aliphatic rings. The minimum atomic E-state index is -0.680. The van der Waals surface area contributed by atoms with Gasteiger partial charge in [-0.15, -0.1) is 0 Å². The first-order valence-electron chi connectivity index (χ1n) is 10.0. The van der Waals surface area contributed by atoms with Gasteiger partial charge in [-0.05, 0) is 24.3 Å². The molecule has 0 radical (unpaired) electrons. The van der Waals surface area contributed by atoms with Crippen LogP contribution in [0.3, 0.4) is 0 Å². The van der Waals surface area contributed by atoms with Crippen molar-refractivity contribution in [1.29, 1.82) is 0 Å². The van der Waals surface area contributed by atoms with Crippen molar-refractivity contribution in [1.82, 2.24) is 19.5 Å². The fourth-order valence-corrected chi connectivity index (χ4v) is 4.29. The maximum absolute atomic E-state index is 13.1. The lowest BCUT2D eigenvalue weighted by molar-refractivity contribution is -0.162. The van der Waals surface area contributed by atoms with Gasteiger partial charge in [-0.2, -0.15) is 0 Å². The van der Waals surface area contributed by atoms with Gasteiger partial charge in [0.2, 0.25) is 5.95 Å². The first kappa shape index (κ1) is 19.9. The smallest absolute Gasteiger partial charge is 0.255 e. The van der Waals surface area contributed by atoms with Crippen LogP contribution in [0.5, 0.6) is 0 Å². The van der Waals surface area contributed by atoms with E-state index in [0.717, 1.165) is 18.2 Å². The Bertz CT molecular complexity index is 1080. The summed E-state index contributed by atoms with van der Waals surface area (Å²) >= 11 is 5.92. The first-order chi connectivity index (χ1) is 15.0. The number of nitrogens with zero attached hydrogens (tertiary/aromatic N) is 5. The third-order valence-electron chi connectivity index (χ3n) is 5.72. The van der Waals surface area contributed by atoms with E-state index in [0.29, 0.717) is 49.1 Å². The van der Waals surface area contributed by atoms with Gasteiger partial charge in [0.1, 0.15) is 11.4 Å². The number of benzene rings is 1. The third-order valence-corrected chi connectivity index (χ3v) is 5.97. The van der Waals surface area contributed by atoms with Crippen LogP contribution in [0, 0.1) is 5.82 Å². The molecule has 2 aromatic heterocycles. The average Bonchev–Trinajstić information content (AvgIpc) is 3.26. The van der Waals surface area contributed by atoms with E-state index in [2.05, 4.69) is 20.3 Å². The minimum absolute atomic E-state index is 0.217. The van der Waals surface area contributed by atoms with Crippen LogP contribution >= 0.6 is 11.6 Å². The van der Waals surface area contributed by atoms with Crippen molar-refractivity contribution in [2.24, 2.45) is 0 Å². The number of ether oxygens (including phenoxy) is 1. The van der Waals surface area contributed by atoms with E-state index in [9.17, 15) is 9.18 Å². The normalized spacial score (nSPS) is 19.8. The second-order valence-corrected chi connectivity index (χ2v) is 8.12. The molecule has 4 heterocycles. The molecule has 0 aliphatic carbocycles. The highest BCUT2D eigenvalue weighted by atomic mass is 35.5. The molecule has 0 bridgehead atoms. The first-order valence-corrected chi connectivity index (χ1v) is 10.4. The van der Waals surface area contributed by atoms with Gasteiger partial charge in [0.05, 0.1) is 18.9 Å². The minimum Gasteiger partial charge on any atom is -0.352 e. The number of imidazole rings is 1. The SMILES string of the molecule is O=C(Nc1ccc(Cl)cc1)C1Cn2ccnc2C2(CCN(c3ncc(F)cn3)CC2)O1. The van der Waals surface area contributed by atoms with Gasteiger partial charge < -0.3 is 19.5 Å². The maximum Gasteiger partial charge on any atom is 0.255 e. The molecule has 1 spiro atoms. The van der Waals surface area contributed by atoms with E-state index >= 15 is 0 Å². The van der Waals surface area contributed by atoms with Gasteiger partial charge in [0.25, 0.3) is 5.91 Å². The van der Waals surface area contributed by atoms with E-state index in [-0.39, 0.29) is 5.91 Å². The molecular formula is C21H20ClFN6O2. The van der Waals surface area contributed by atoms with Crippen molar-refractivity contribution in [3.63, 3.8) is 0 Å². The summed E-state index contributed by atoms with van der Waals surface area (Å²) in [4.78, 5) is 27.6. The lowest BCUT2D eigenvalue weighted by Gasteiger charge is -2.45. The third kappa shape index (κ3) is 3.86. The van der Waals surface area contributed by atoms with Gasteiger partial charge in [0.15, 0.2) is 11.9 Å². The Morgan fingerprint density at radius 3 is 2.58 bits per heavy atom. The number of piperidine rings is 1. The van der Waals surface area contributed by atoms with Crippen LogP contribution in [0.2, 0.25) is 5.02 Å². The Labute approximate surface area is 183 Å². The second kappa shape index (κ2) is 7.90. The van der Waals surface area contributed by atoms with Crippen LogP contribution < -0.4 is 10.2 Å². The number of nitrogens with one attached hydrogen (secondary N) is 1. The fourth-order valence-electron chi connectivity index (χ4n) is 4.17. The quantitative estimate of drug-likeness (QED) is 0.671. The lowest BCUT2D eigenvalue weighted by atomic mass is 9.88. The Balaban J connectivity index is 1.33. The number of carbonyl (C=O) groups is 1. The van der Waals surface area contributed by atoms with Crippen molar-refractivity contribution in [2.45, 2.75) is 31.1 Å². The summed E-state index contributed by atoms with van der Waals surface area (Å²) in [6, 6.07) is 6.95. The number of amides is 1. The molecule has 160 valence electrons. The van der Waals surface area contributed by atoms with Gasteiger partial charge >= 0.3 is 0 Å². The molecule has 2 aliphatic heterocycles. The van der Waals surface area contributed by atoms with Crippen molar-refractivity contribution >= 4 is 29.1 Å². The standard InChI is InChI=1S/C21H20ClFN6O2/c22-14-1-3-16(4-2-14)27-18(30)17-13-29-10-7-24-19(29)21(31-17)5-8-28(9-6-21)20-25-11-15(23)12-26-20/h1-4,7,10-12,17H,5-6,8-9,13H2,(H,27,30). The molecule has 0 saturated carbocycles. The van der Waals surface area contributed by atoms with Crippen molar-refractivity contribution in [3.8, 4) is 0 Å². The molecule has 1 amide bonds. The topological polar surface area (TPSA) is 85.2 Å². The molecule has 3 aromatic rings. The average molecular weight is 443 g/mol. The number of hydrogen-bond acceptors (Lipinski definition) is 6. The summed E-state index contributed by atoms with van der Waals surface area (Å²) < 4.78 is 21.5. The predicted molar refractivity (Wildman–Crippen MR) is 112 cm³/mol. The summed E-state index contributed by atoms with van der Waals surface area (Å²) in [6.45, 7) is 1.59. The molecular weight excluding hydrogens is 423 g/mol. The fraction of sp³-hybridized carbons (Fsp3) is 0.333. The molecule has 1 atom stereocenters. The number of rotatable bonds is 3. The number of aromatic nitrogens is 4. The molecule has 1 saturated heterocycles. The monoisotopic (exact) mass is 442 g/mol. The van der Waals surface area contributed by atoms with Crippen molar-refractivity contribution in [3.05, 3.63) is 65.7 Å². The second-order valence-electron chi connectivity index (χ2n) is 7.69. The molecule has 31 heavy (non-hydrogen) atoms. The Kier molecular flexibility index (Phi) is 5.07. The zero-order valence-corrected chi connectivity index (χ0v) is 17.3. The Morgan fingerprint density at radius 2 is 1.87 bits per heavy atom. The molecule has 1 N–H and O–H groups in total. The Hall–Kier alpha value is -3.04. The van der Waals surface area contributed by atoms with Crippen LogP contribution in [-0.4, -0.2) is 44.6 Å². The van der Waals surface area contributed by atoms with E-state index in [1.165, 1.54) is 0 Å². The van der Waals surface area contributed by atoms with Gasteiger partial charge in [0, 0.05) is 49.0 Å². The molecule has 1 fully saturated rings. The van der Waals surface area contributed by atoms with Gasteiger partial charge in [-0.1, -0.05) is 11.6 Å². The van der Waals surface area contributed by atoms with Crippen molar-refractivity contribution in [2.75, 3.05) is 23.3 Å². The van der Waals surface area contributed by atoms with E-state index < -0.39 is 17.5 Å². The van der Waals surface area contributed by atoms with Crippen molar-refractivity contribution < 1.29 is 13.9 Å². The van der Waals surface area contributed by atoms with Crippen LogP contribution in [0.1, 0.15) is 18.7 Å². The summed E-state index contributed by atoms with van der Waals surface area (Å²) in [5, 5.41) is 3.50. The molecule has 1 unspecified atom stereocenters. The summed E-state index contributed by atoms with van der Waals surface area (Å²) in [6.07, 6.45) is 6.48. The summed E-state index contributed by atoms with van der Waals surface area (Å²) in [5.74, 6) is 0.616. The number of anilines is 2. The lowest BCUT2D eigenvalue weighted by Crippen LogP contribution is -2.53. The predicted octanol–water partition coefficient (Wildman–Crippen LogP) is 3.00. The maximum atomic E-state index is 13.1. The zero-order chi connectivity index (χ0) is 21.4. The Morgan fingerprint density at radius 1 is 1.16 bits per heavy atom. The number of carbonyl (C=O) groups excluding carboxylic acids is 1. The highest BCUT2D eigenvalue weighted by Crippen LogP contribution is 2.40. The van der Waals surface area contributed by atoms with E-state index in [1.807, 2.05) is 15.7 Å². The molecule has 10 heteroatoms. The largest absolute Gasteiger partial charge is 0.352 e. The van der Waals surface area contributed by atoms with Gasteiger partial charge in [-0.3, -0.25) is 4.79 Å². The van der Waals surface area contributed by atoms with Crippen LogP contribution in [0.4, 0.5) is 16.0 Å². The summed E-state index contributed by atoms with van der Waals surface area (Å²) in [7, 11) is 0. The van der Waals surface area contributed by atoms with E-state index in [4.69, 9.17) is 16.3 Å². The van der Waals surface area contributed by atoms with Crippen LogP contribution in [0.25, 0.3) is 0 Å². The number of halogens is 2. The van der Waals surface area contributed by atoms with Gasteiger partial charge in [-0.25, -0.2) is 19.3 Å².